The first-order valence-corrected chi connectivity index (χ1v) is 5.25. The molecule has 2 N–H and O–H groups in total. The second-order valence-corrected chi connectivity index (χ2v) is 5.40. The molecular weight excluding hydrogens is 166 g/mol. The van der Waals surface area contributed by atoms with Gasteiger partial charge in [0.15, 0.2) is 0 Å². The summed E-state index contributed by atoms with van der Waals surface area (Å²) in [5, 5.41) is 0. The maximum absolute atomic E-state index is 6.16. The Bertz CT molecular complexity index is 286. The van der Waals surface area contributed by atoms with Gasteiger partial charge in [-0.25, -0.2) is 0 Å². The van der Waals surface area contributed by atoms with E-state index in [4.69, 9.17) is 5.73 Å². The van der Waals surface area contributed by atoms with Crippen LogP contribution in [0.15, 0.2) is 12.1 Å². The molecule has 1 aliphatic rings. The minimum absolute atomic E-state index is 0.274. The van der Waals surface area contributed by atoms with E-state index in [1.54, 1.807) is 0 Å². The van der Waals surface area contributed by atoms with Gasteiger partial charge in [0.1, 0.15) is 0 Å². The van der Waals surface area contributed by atoms with Crippen molar-refractivity contribution in [1.29, 1.82) is 0 Å². The van der Waals surface area contributed by atoms with E-state index in [9.17, 15) is 0 Å². The molecule has 0 bridgehead atoms. The molecular formula is C10H15NS. The van der Waals surface area contributed by atoms with Gasteiger partial charge in [0.05, 0.1) is 0 Å². The third-order valence-electron chi connectivity index (χ3n) is 2.86. The molecule has 2 heteroatoms. The third-order valence-corrected chi connectivity index (χ3v) is 3.94. The molecule has 1 fully saturated rings. The lowest BCUT2D eigenvalue weighted by atomic mass is 9.99. The lowest BCUT2D eigenvalue weighted by Crippen LogP contribution is -2.18. The average molecular weight is 181 g/mol. The molecule has 12 heavy (non-hydrogen) atoms. The van der Waals surface area contributed by atoms with E-state index in [-0.39, 0.29) is 6.04 Å². The van der Waals surface area contributed by atoms with Gasteiger partial charge in [-0.1, -0.05) is 6.92 Å². The second kappa shape index (κ2) is 2.57. The molecule has 1 saturated carbocycles. The molecule has 0 amide bonds. The van der Waals surface area contributed by atoms with E-state index < -0.39 is 0 Å². The Kier molecular flexibility index (Phi) is 1.77. The molecule has 2 rings (SSSR count). The Labute approximate surface area is 77.6 Å². The van der Waals surface area contributed by atoms with Crippen molar-refractivity contribution in [3.63, 3.8) is 0 Å². The Morgan fingerprint density at radius 2 is 2.17 bits per heavy atom. The number of thiophene rings is 1. The minimum Gasteiger partial charge on any atom is -0.323 e. The lowest BCUT2D eigenvalue weighted by molar-refractivity contribution is 0.457. The third kappa shape index (κ3) is 1.29. The normalized spacial score (nSPS) is 22.2. The van der Waals surface area contributed by atoms with E-state index >= 15 is 0 Å². The zero-order chi connectivity index (χ0) is 8.77. The molecule has 0 saturated heterocycles. The highest BCUT2D eigenvalue weighted by molar-refractivity contribution is 7.12. The molecule has 1 aliphatic carbocycles. The Balaban J connectivity index is 2.19. The molecule has 1 nitrogen and oxygen atoms in total. The largest absolute Gasteiger partial charge is 0.323 e. The smallest absolute Gasteiger partial charge is 0.0444 e. The topological polar surface area (TPSA) is 26.0 Å². The fourth-order valence-corrected chi connectivity index (χ4v) is 2.53. The molecule has 0 spiro atoms. The van der Waals surface area contributed by atoms with Crippen LogP contribution < -0.4 is 5.73 Å². The van der Waals surface area contributed by atoms with Gasteiger partial charge in [-0.15, -0.1) is 11.3 Å². The number of aryl methyl sites for hydroxylation is 1. The molecule has 1 aromatic rings. The van der Waals surface area contributed by atoms with Crippen LogP contribution in [0, 0.1) is 12.3 Å². The maximum atomic E-state index is 6.16. The van der Waals surface area contributed by atoms with E-state index in [1.165, 1.54) is 22.6 Å². The molecule has 0 aliphatic heterocycles. The average Bonchev–Trinajstić information content (AvgIpc) is 2.62. The van der Waals surface area contributed by atoms with E-state index in [2.05, 4.69) is 26.0 Å². The van der Waals surface area contributed by atoms with Gasteiger partial charge < -0.3 is 5.73 Å². The lowest BCUT2D eigenvalue weighted by Gasteiger charge is -2.16. The monoisotopic (exact) mass is 181 g/mol. The fourth-order valence-electron chi connectivity index (χ4n) is 1.47. The second-order valence-electron chi connectivity index (χ2n) is 4.08. The first-order chi connectivity index (χ1) is 5.62. The van der Waals surface area contributed by atoms with Crippen LogP contribution in [0.3, 0.4) is 0 Å². The summed E-state index contributed by atoms with van der Waals surface area (Å²) in [5.74, 6) is 0. The molecule has 0 aromatic carbocycles. The highest BCUT2D eigenvalue weighted by atomic mass is 32.1. The predicted molar refractivity (Wildman–Crippen MR) is 53.3 cm³/mol. The van der Waals surface area contributed by atoms with Gasteiger partial charge in [-0.3, -0.25) is 0 Å². The van der Waals surface area contributed by atoms with E-state index in [0.29, 0.717) is 5.41 Å². The highest BCUT2D eigenvalue weighted by Crippen LogP contribution is 2.54. The van der Waals surface area contributed by atoms with Crippen molar-refractivity contribution in [2.75, 3.05) is 0 Å². The molecule has 66 valence electrons. The molecule has 1 heterocycles. The van der Waals surface area contributed by atoms with Gasteiger partial charge in [0, 0.05) is 15.8 Å². The number of hydrogen-bond acceptors (Lipinski definition) is 2. The van der Waals surface area contributed by atoms with Crippen molar-refractivity contribution >= 4 is 11.3 Å². The first kappa shape index (κ1) is 8.27. The van der Waals surface area contributed by atoms with Crippen molar-refractivity contribution in [1.82, 2.24) is 0 Å². The van der Waals surface area contributed by atoms with Crippen molar-refractivity contribution in [2.24, 2.45) is 11.1 Å². The summed E-state index contributed by atoms with van der Waals surface area (Å²) in [6.45, 7) is 4.42. The van der Waals surface area contributed by atoms with Crippen LogP contribution in [-0.2, 0) is 0 Å². The number of rotatable bonds is 2. The van der Waals surface area contributed by atoms with E-state index in [0.717, 1.165) is 0 Å². The summed E-state index contributed by atoms with van der Waals surface area (Å²) in [6.07, 6.45) is 2.59. The van der Waals surface area contributed by atoms with Crippen LogP contribution >= 0.6 is 11.3 Å². The zero-order valence-corrected chi connectivity index (χ0v) is 8.45. The van der Waals surface area contributed by atoms with E-state index in [1.807, 2.05) is 11.3 Å². The minimum atomic E-state index is 0.274. The first-order valence-electron chi connectivity index (χ1n) is 4.44. The summed E-state index contributed by atoms with van der Waals surface area (Å²) < 4.78 is 0. The van der Waals surface area contributed by atoms with Crippen LogP contribution in [-0.4, -0.2) is 0 Å². The highest BCUT2D eigenvalue weighted by Gasteiger charge is 2.44. The fraction of sp³-hybridized carbons (Fsp3) is 0.600. The predicted octanol–water partition coefficient (Wildman–Crippen LogP) is 2.86. The van der Waals surface area contributed by atoms with Gasteiger partial charge in [0.25, 0.3) is 0 Å². The van der Waals surface area contributed by atoms with Crippen LogP contribution in [0.1, 0.15) is 35.6 Å². The van der Waals surface area contributed by atoms with Crippen molar-refractivity contribution in [2.45, 2.75) is 32.7 Å². The van der Waals surface area contributed by atoms with Crippen LogP contribution in [0.4, 0.5) is 0 Å². The van der Waals surface area contributed by atoms with Crippen molar-refractivity contribution < 1.29 is 0 Å². The molecule has 1 atom stereocenters. The molecule has 1 unspecified atom stereocenters. The summed E-state index contributed by atoms with van der Waals surface area (Å²) in [6, 6.07) is 4.61. The Morgan fingerprint density at radius 1 is 1.50 bits per heavy atom. The Morgan fingerprint density at radius 3 is 2.58 bits per heavy atom. The van der Waals surface area contributed by atoms with Crippen molar-refractivity contribution in [3.8, 4) is 0 Å². The molecule has 0 radical (unpaired) electrons. The Hall–Kier alpha value is -0.340. The van der Waals surface area contributed by atoms with Crippen LogP contribution in [0.5, 0.6) is 0 Å². The maximum Gasteiger partial charge on any atom is 0.0444 e. The quantitative estimate of drug-likeness (QED) is 0.746. The van der Waals surface area contributed by atoms with Crippen LogP contribution in [0.2, 0.25) is 0 Å². The van der Waals surface area contributed by atoms with Gasteiger partial charge in [-0.2, -0.15) is 0 Å². The summed E-state index contributed by atoms with van der Waals surface area (Å²) in [5.41, 5.74) is 6.57. The number of hydrogen-bond donors (Lipinski definition) is 1. The summed E-state index contributed by atoms with van der Waals surface area (Å²) in [4.78, 5) is 2.72. The number of nitrogens with two attached hydrogens (primary N) is 1. The zero-order valence-electron chi connectivity index (χ0n) is 7.63. The standard InChI is InChI=1S/C10H15NS/c1-7-3-4-8(12-7)9(11)10(2)5-6-10/h3-4,9H,5-6,11H2,1-2H3. The summed E-state index contributed by atoms with van der Waals surface area (Å²) in [7, 11) is 0. The van der Waals surface area contributed by atoms with Crippen molar-refractivity contribution in [3.05, 3.63) is 21.9 Å². The molecule has 1 aromatic heterocycles. The SMILES string of the molecule is Cc1ccc(C(N)C2(C)CC2)s1. The van der Waals surface area contributed by atoms with Gasteiger partial charge >= 0.3 is 0 Å². The van der Waals surface area contributed by atoms with Gasteiger partial charge in [0.2, 0.25) is 0 Å². The van der Waals surface area contributed by atoms with Crippen LogP contribution in [0.25, 0.3) is 0 Å². The summed E-state index contributed by atoms with van der Waals surface area (Å²) >= 11 is 1.84. The van der Waals surface area contributed by atoms with Gasteiger partial charge in [-0.05, 0) is 37.3 Å².